The van der Waals surface area contributed by atoms with Crippen molar-refractivity contribution >= 4 is 5.97 Å². The van der Waals surface area contributed by atoms with Gasteiger partial charge in [0.05, 0.1) is 11.7 Å². The summed E-state index contributed by atoms with van der Waals surface area (Å²) in [5.74, 6) is 0.0255. The summed E-state index contributed by atoms with van der Waals surface area (Å²) in [5, 5.41) is 20.4. The number of carbonyl (C=O) groups is 1. The van der Waals surface area contributed by atoms with Crippen molar-refractivity contribution < 1.29 is 19.7 Å². The standard InChI is InChI=1S/C17H30O4/c1-12-6-5-7-13(2)15(18)8-10-17(4,20)11-9-16(19)21-14(12)3/h7,12,14-15,18,20H,5-6,8-11H2,1-4H3/b13-7+/t12-,14+,15+,17+/m0/s1. The van der Waals surface area contributed by atoms with E-state index in [1.165, 1.54) is 0 Å². The number of carbonyl (C=O) groups excluding carboxylic acids is 1. The van der Waals surface area contributed by atoms with Gasteiger partial charge in [-0.2, -0.15) is 0 Å². The quantitative estimate of drug-likeness (QED) is 0.533. The zero-order valence-electron chi connectivity index (χ0n) is 13.8. The van der Waals surface area contributed by atoms with Crippen molar-refractivity contribution in [2.75, 3.05) is 0 Å². The van der Waals surface area contributed by atoms with Crippen molar-refractivity contribution in [3.05, 3.63) is 11.6 Å². The maximum Gasteiger partial charge on any atom is 0.306 e. The summed E-state index contributed by atoms with van der Waals surface area (Å²) in [6.45, 7) is 7.63. The number of allylic oxidation sites excluding steroid dienone is 1. The van der Waals surface area contributed by atoms with Crippen LogP contribution in [0.25, 0.3) is 0 Å². The van der Waals surface area contributed by atoms with Gasteiger partial charge >= 0.3 is 5.97 Å². The molecule has 0 saturated heterocycles. The lowest BCUT2D eigenvalue weighted by atomic mass is 9.90. The summed E-state index contributed by atoms with van der Waals surface area (Å²) in [5.41, 5.74) is 0.0129. The minimum absolute atomic E-state index is 0.121. The van der Waals surface area contributed by atoms with Gasteiger partial charge in [0.25, 0.3) is 0 Å². The van der Waals surface area contributed by atoms with Crippen molar-refractivity contribution in [1.29, 1.82) is 0 Å². The van der Waals surface area contributed by atoms with E-state index in [0.29, 0.717) is 19.3 Å². The number of aliphatic hydroxyl groups excluding tert-OH is 1. The van der Waals surface area contributed by atoms with E-state index in [0.717, 1.165) is 18.4 Å². The van der Waals surface area contributed by atoms with Gasteiger partial charge in [0, 0.05) is 6.42 Å². The first-order chi connectivity index (χ1) is 9.71. The maximum absolute atomic E-state index is 11.8. The highest BCUT2D eigenvalue weighted by Crippen LogP contribution is 2.24. The first-order valence-electron chi connectivity index (χ1n) is 7.98. The van der Waals surface area contributed by atoms with Crippen LogP contribution in [0.3, 0.4) is 0 Å². The van der Waals surface area contributed by atoms with Crippen molar-refractivity contribution in [1.82, 2.24) is 0 Å². The zero-order valence-corrected chi connectivity index (χ0v) is 13.8. The largest absolute Gasteiger partial charge is 0.462 e. The Hall–Kier alpha value is -0.870. The molecular weight excluding hydrogens is 268 g/mol. The second-order valence-corrected chi connectivity index (χ2v) is 6.75. The molecule has 0 unspecified atom stereocenters. The third-order valence-electron chi connectivity index (χ3n) is 4.56. The summed E-state index contributed by atoms with van der Waals surface area (Å²) in [4.78, 5) is 11.8. The molecule has 1 aliphatic heterocycles. The van der Waals surface area contributed by atoms with Crippen LogP contribution < -0.4 is 0 Å². The number of cyclic esters (lactones) is 1. The van der Waals surface area contributed by atoms with Crippen LogP contribution in [0.2, 0.25) is 0 Å². The molecule has 21 heavy (non-hydrogen) atoms. The minimum atomic E-state index is -0.945. The van der Waals surface area contributed by atoms with E-state index in [1.54, 1.807) is 6.92 Å². The molecule has 4 heteroatoms. The first-order valence-corrected chi connectivity index (χ1v) is 7.98. The van der Waals surface area contributed by atoms with E-state index < -0.39 is 11.7 Å². The van der Waals surface area contributed by atoms with Gasteiger partial charge in [-0.25, -0.2) is 0 Å². The topological polar surface area (TPSA) is 66.8 Å². The summed E-state index contributed by atoms with van der Waals surface area (Å²) in [6, 6.07) is 0. The molecule has 0 spiro atoms. The molecule has 0 radical (unpaired) electrons. The number of hydrogen-bond donors (Lipinski definition) is 2. The van der Waals surface area contributed by atoms with E-state index in [2.05, 4.69) is 13.0 Å². The summed E-state index contributed by atoms with van der Waals surface area (Å²) in [6.07, 6.45) is 4.77. The normalized spacial score (nSPS) is 39.8. The molecule has 0 aromatic carbocycles. The molecule has 1 heterocycles. The van der Waals surface area contributed by atoms with E-state index in [-0.39, 0.29) is 24.4 Å². The van der Waals surface area contributed by atoms with Gasteiger partial charge in [0.15, 0.2) is 0 Å². The van der Waals surface area contributed by atoms with Gasteiger partial charge in [-0.05, 0) is 64.4 Å². The van der Waals surface area contributed by atoms with Crippen LogP contribution in [0.5, 0.6) is 0 Å². The highest BCUT2D eigenvalue weighted by atomic mass is 16.5. The number of esters is 1. The van der Waals surface area contributed by atoms with Crippen molar-refractivity contribution in [3.8, 4) is 0 Å². The second kappa shape index (κ2) is 7.95. The lowest BCUT2D eigenvalue weighted by Crippen LogP contribution is -2.29. The Balaban J connectivity index is 2.78. The Bertz CT molecular complexity index is 373. The lowest BCUT2D eigenvalue weighted by Gasteiger charge is -2.26. The van der Waals surface area contributed by atoms with Crippen molar-refractivity contribution in [2.24, 2.45) is 5.92 Å². The maximum atomic E-state index is 11.8. The Morgan fingerprint density at radius 3 is 2.62 bits per heavy atom. The van der Waals surface area contributed by atoms with Crippen LogP contribution in [0.15, 0.2) is 11.6 Å². The summed E-state index contributed by atoms with van der Waals surface area (Å²) in [7, 11) is 0. The van der Waals surface area contributed by atoms with Crippen LogP contribution in [0.4, 0.5) is 0 Å². The Labute approximate surface area is 128 Å². The highest BCUT2D eigenvalue weighted by Gasteiger charge is 2.25. The van der Waals surface area contributed by atoms with E-state index >= 15 is 0 Å². The van der Waals surface area contributed by atoms with Crippen LogP contribution in [-0.4, -0.2) is 34.0 Å². The smallest absolute Gasteiger partial charge is 0.306 e. The third-order valence-corrected chi connectivity index (χ3v) is 4.56. The van der Waals surface area contributed by atoms with Gasteiger partial charge in [0.1, 0.15) is 6.10 Å². The number of hydrogen-bond acceptors (Lipinski definition) is 4. The SMILES string of the molecule is C/C1=C\CC[C@H](C)[C@@H](C)OC(=O)CC[C@](C)(O)CC[C@H]1O. The van der Waals surface area contributed by atoms with Crippen LogP contribution in [0, 0.1) is 5.92 Å². The van der Waals surface area contributed by atoms with Gasteiger partial charge in [-0.15, -0.1) is 0 Å². The molecule has 0 aliphatic carbocycles. The Kier molecular flexibility index (Phi) is 6.88. The molecule has 1 rings (SSSR count). The minimum Gasteiger partial charge on any atom is -0.462 e. The summed E-state index contributed by atoms with van der Waals surface area (Å²) >= 11 is 0. The summed E-state index contributed by atoms with van der Waals surface area (Å²) < 4.78 is 5.43. The van der Waals surface area contributed by atoms with Gasteiger partial charge in [-0.1, -0.05) is 13.0 Å². The van der Waals surface area contributed by atoms with E-state index in [9.17, 15) is 15.0 Å². The lowest BCUT2D eigenvalue weighted by molar-refractivity contribution is -0.152. The van der Waals surface area contributed by atoms with Crippen LogP contribution in [0.1, 0.15) is 66.2 Å². The average molecular weight is 298 g/mol. The highest BCUT2D eigenvalue weighted by molar-refractivity contribution is 5.69. The van der Waals surface area contributed by atoms with Crippen LogP contribution >= 0.6 is 0 Å². The van der Waals surface area contributed by atoms with E-state index in [4.69, 9.17) is 4.74 Å². The molecule has 0 fully saturated rings. The van der Waals surface area contributed by atoms with Crippen LogP contribution in [-0.2, 0) is 9.53 Å². The monoisotopic (exact) mass is 298 g/mol. The molecular formula is C17H30O4. The van der Waals surface area contributed by atoms with Gasteiger partial charge in [0.2, 0.25) is 0 Å². The van der Waals surface area contributed by atoms with E-state index in [1.807, 2.05) is 13.8 Å². The molecule has 1 aliphatic rings. The fourth-order valence-electron chi connectivity index (χ4n) is 2.50. The zero-order chi connectivity index (χ0) is 16.0. The molecule has 0 saturated carbocycles. The molecule has 0 aromatic heterocycles. The second-order valence-electron chi connectivity index (χ2n) is 6.75. The molecule has 0 amide bonds. The van der Waals surface area contributed by atoms with Crippen molar-refractivity contribution in [2.45, 2.75) is 84.0 Å². The molecule has 4 atom stereocenters. The Morgan fingerprint density at radius 1 is 1.29 bits per heavy atom. The predicted molar refractivity (Wildman–Crippen MR) is 82.8 cm³/mol. The first kappa shape index (κ1) is 18.2. The number of rotatable bonds is 0. The fraction of sp³-hybridized carbons (Fsp3) is 0.824. The number of ether oxygens (including phenoxy) is 1. The molecule has 2 N–H and O–H groups in total. The Morgan fingerprint density at radius 2 is 1.95 bits per heavy atom. The fourth-order valence-corrected chi connectivity index (χ4v) is 2.50. The third kappa shape index (κ3) is 6.62. The molecule has 4 nitrogen and oxygen atoms in total. The molecule has 0 bridgehead atoms. The molecule has 0 aromatic rings. The average Bonchev–Trinajstić information content (AvgIpc) is 2.41. The van der Waals surface area contributed by atoms with Gasteiger partial charge in [-0.3, -0.25) is 4.79 Å². The predicted octanol–water partition coefficient (Wildman–Crippen LogP) is 2.97. The van der Waals surface area contributed by atoms with Gasteiger partial charge < -0.3 is 14.9 Å². The number of aliphatic hydroxyl groups is 2. The van der Waals surface area contributed by atoms with Crippen molar-refractivity contribution in [3.63, 3.8) is 0 Å². The molecule has 122 valence electrons.